The Balaban J connectivity index is 0.00000133. The monoisotopic (exact) mass is 460 g/mol. The Morgan fingerprint density at radius 3 is 2.53 bits per heavy atom. The zero-order chi connectivity index (χ0) is 24.2. The number of carbonyl (C=O) groups is 2. The summed E-state index contributed by atoms with van der Waals surface area (Å²) in [6.45, 7) is 4.00. The number of rotatable bonds is 5. The lowest BCUT2D eigenvalue weighted by Gasteiger charge is -2.07. The maximum atomic E-state index is 15.1. The van der Waals surface area contributed by atoms with E-state index in [-0.39, 0.29) is 17.7 Å². The van der Waals surface area contributed by atoms with Crippen LogP contribution in [0.25, 0.3) is 33.4 Å². The molecule has 5 rings (SSSR count). The molecule has 34 heavy (non-hydrogen) atoms. The quantitative estimate of drug-likeness (QED) is 0.404. The Kier molecular flexibility index (Phi) is 6.62. The number of anilines is 1. The molecule has 1 aromatic carbocycles. The van der Waals surface area contributed by atoms with E-state index < -0.39 is 5.82 Å². The van der Waals surface area contributed by atoms with Crippen LogP contribution >= 0.6 is 0 Å². The number of fused-ring (bicyclic) bond motifs is 1. The fourth-order valence-corrected chi connectivity index (χ4v) is 3.58. The van der Waals surface area contributed by atoms with E-state index in [2.05, 4.69) is 30.6 Å². The molecule has 0 bridgehead atoms. The minimum Gasteiger partial charge on any atom is -0.355 e. The summed E-state index contributed by atoms with van der Waals surface area (Å²) in [7, 11) is 1.52. The second kappa shape index (κ2) is 9.78. The molecule has 1 saturated carbocycles. The molecule has 0 radical (unpaired) electrons. The highest BCUT2D eigenvalue weighted by molar-refractivity contribution is 6.11. The van der Waals surface area contributed by atoms with Gasteiger partial charge in [0.15, 0.2) is 5.82 Å². The van der Waals surface area contributed by atoms with Gasteiger partial charge in [-0.1, -0.05) is 19.9 Å². The van der Waals surface area contributed by atoms with Crippen LogP contribution in [0.15, 0.2) is 49.1 Å². The van der Waals surface area contributed by atoms with Gasteiger partial charge in [-0.15, -0.1) is 0 Å². The first kappa shape index (κ1) is 23.0. The molecular weight excluding hydrogens is 435 g/mol. The largest absolute Gasteiger partial charge is 0.355 e. The van der Waals surface area contributed by atoms with Gasteiger partial charge in [-0.3, -0.25) is 19.6 Å². The molecule has 0 atom stereocenters. The highest BCUT2D eigenvalue weighted by atomic mass is 19.1. The van der Waals surface area contributed by atoms with Gasteiger partial charge in [0.1, 0.15) is 5.82 Å². The third-order valence-corrected chi connectivity index (χ3v) is 5.45. The fraction of sp³-hybridized carbons (Fsp3) is 0.240. The summed E-state index contributed by atoms with van der Waals surface area (Å²) < 4.78 is 15.1. The highest BCUT2D eigenvalue weighted by Crippen LogP contribution is 2.34. The van der Waals surface area contributed by atoms with Crippen LogP contribution in [0, 0.1) is 11.7 Å². The van der Waals surface area contributed by atoms with E-state index in [1.54, 1.807) is 36.8 Å². The lowest BCUT2D eigenvalue weighted by molar-refractivity contribution is -0.117. The van der Waals surface area contributed by atoms with E-state index in [4.69, 9.17) is 0 Å². The molecule has 174 valence electrons. The van der Waals surface area contributed by atoms with Crippen LogP contribution in [0.5, 0.6) is 0 Å². The van der Waals surface area contributed by atoms with Crippen molar-refractivity contribution in [1.29, 1.82) is 0 Å². The summed E-state index contributed by atoms with van der Waals surface area (Å²) in [6.07, 6.45) is 7.78. The smallest absolute Gasteiger partial charge is 0.253 e. The van der Waals surface area contributed by atoms with Crippen molar-refractivity contribution in [2.45, 2.75) is 26.7 Å². The van der Waals surface area contributed by atoms with E-state index in [0.717, 1.165) is 12.8 Å². The molecule has 0 saturated heterocycles. The van der Waals surface area contributed by atoms with Gasteiger partial charge in [0.25, 0.3) is 5.91 Å². The second-order valence-electron chi connectivity index (χ2n) is 7.62. The molecule has 1 fully saturated rings. The van der Waals surface area contributed by atoms with Crippen LogP contribution in [0.1, 0.15) is 37.0 Å². The van der Waals surface area contributed by atoms with E-state index >= 15 is 4.39 Å². The Bertz CT molecular complexity index is 1350. The number of pyridine rings is 1. The van der Waals surface area contributed by atoms with E-state index in [1.807, 2.05) is 13.8 Å². The maximum absolute atomic E-state index is 15.1. The fourth-order valence-electron chi connectivity index (χ4n) is 3.58. The Morgan fingerprint density at radius 2 is 1.88 bits per heavy atom. The number of halogens is 1. The Hall–Kier alpha value is -4.14. The minimum atomic E-state index is -0.460. The molecule has 3 N–H and O–H groups in total. The minimum absolute atomic E-state index is 0.00836. The molecule has 2 amide bonds. The normalized spacial score (nSPS) is 12.6. The summed E-state index contributed by atoms with van der Waals surface area (Å²) in [4.78, 5) is 40.3. The standard InChI is InChI=1S/C23H19FN6O2.C2H6/c1-25-23(32)16-10-28-21(30-22(31)12-2-3-12)20-15(16)9-18(29-20)14-5-4-13(8-17(14)24)19-11-26-6-7-27-19;1-2/h4-12,29H,2-3H2,1H3,(H,25,32)(H,28,30,31);1-2H3. The van der Waals surface area contributed by atoms with E-state index in [0.29, 0.717) is 44.8 Å². The molecule has 0 spiro atoms. The zero-order valence-electron chi connectivity index (χ0n) is 19.1. The first-order chi connectivity index (χ1) is 16.5. The van der Waals surface area contributed by atoms with Crippen molar-refractivity contribution in [3.63, 3.8) is 0 Å². The van der Waals surface area contributed by atoms with Crippen LogP contribution in [0.4, 0.5) is 10.2 Å². The van der Waals surface area contributed by atoms with Crippen molar-refractivity contribution >= 4 is 28.5 Å². The summed E-state index contributed by atoms with van der Waals surface area (Å²) in [5.74, 6) is -0.593. The summed E-state index contributed by atoms with van der Waals surface area (Å²) in [5, 5.41) is 5.94. The number of benzene rings is 1. The molecule has 8 nitrogen and oxygen atoms in total. The number of aromatic nitrogens is 4. The summed E-state index contributed by atoms with van der Waals surface area (Å²) in [6, 6.07) is 6.47. The maximum Gasteiger partial charge on any atom is 0.253 e. The van der Waals surface area contributed by atoms with Crippen molar-refractivity contribution in [3.05, 3.63) is 60.4 Å². The lowest BCUT2D eigenvalue weighted by atomic mass is 10.1. The number of nitrogens with one attached hydrogen (secondary N) is 3. The van der Waals surface area contributed by atoms with Crippen LogP contribution in [-0.2, 0) is 4.79 Å². The van der Waals surface area contributed by atoms with Gasteiger partial charge in [-0.25, -0.2) is 9.37 Å². The Labute approximate surface area is 196 Å². The molecule has 0 unspecified atom stereocenters. The number of amides is 2. The number of aromatic amines is 1. The highest BCUT2D eigenvalue weighted by Gasteiger charge is 2.30. The van der Waals surface area contributed by atoms with E-state index in [1.165, 1.54) is 19.3 Å². The molecule has 9 heteroatoms. The molecule has 3 heterocycles. The first-order valence-corrected chi connectivity index (χ1v) is 11.2. The van der Waals surface area contributed by atoms with Crippen molar-refractivity contribution in [3.8, 4) is 22.5 Å². The number of hydrogen-bond donors (Lipinski definition) is 3. The van der Waals surface area contributed by atoms with Crippen molar-refractivity contribution in [1.82, 2.24) is 25.3 Å². The summed E-state index contributed by atoms with van der Waals surface area (Å²) in [5.41, 5.74) is 2.73. The van der Waals surface area contributed by atoms with Gasteiger partial charge in [-0.05, 0) is 31.0 Å². The van der Waals surface area contributed by atoms with Gasteiger partial charge in [0, 0.05) is 53.8 Å². The Morgan fingerprint density at radius 1 is 1.09 bits per heavy atom. The van der Waals surface area contributed by atoms with Crippen molar-refractivity contribution < 1.29 is 14.0 Å². The predicted molar refractivity (Wildman–Crippen MR) is 129 cm³/mol. The average Bonchev–Trinajstić information content (AvgIpc) is 3.64. The molecular formula is C25H25FN6O2. The van der Waals surface area contributed by atoms with Crippen LogP contribution in [-0.4, -0.2) is 38.8 Å². The number of hydrogen-bond acceptors (Lipinski definition) is 5. The third kappa shape index (κ3) is 4.50. The van der Waals surface area contributed by atoms with Gasteiger partial charge < -0.3 is 15.6 Å². The van der Waals surface area contributed by atoms with E-state index in [9.17, 15) is 9.59 Å². The zero-order valence-corrected chi connectivity index (χ0v) is 19.1. The van der Waals surface area contributed by atoms with Gasteiger partial charge in [0.2, 0.25) is 5.91 Å². The van der Waals surface area contributed by atoms with Crippen molar-refractivity contribution in [2.24, 2.45) is 5.92 Å². The SMILES string of the molecule is CC.CNC(=O)c1cnc(NC(=O)C2CC2)c2[nH]c(-c3ccc(-c4cnccn4)cc3F)cc12. The number of carbonyl (C=O) groups excluding carboxylic acids is 2. The topological polar surface area (TPSA) is 113 Å². The molecule has 3 aromatic heterocycles. The third-order valence-electron chi connectivity index (χ3n) is 5.45. The predicted octanol–water partition coefficient (Wildman–Crippen LogP) is 4.56. The van der Waals surface area contributed by atoms with Crippen LogP contribution in [0.3, 0.4) is 0 Å². The first-order valence-electron chi connectivity index (χ1n) is 11.2. The molecule has 4 aromatic rings. The van der Waals surface area contributed by atoms with Crippen LogP contribution < -0.4 is 10.6 Å². The lowest BCUT2D eigenvalue weighted by Crippen LogP contribution is -2.19. The van der Waals surface area contributed by atoms with Gasteiger partial charge in [-0.2, -0.15) is 0 Å². The second-order valence-corrected chi connectivity index (χ2v) is 7.62. The van der Waals surface area contributed by atoms with Gasteiger partial charge in [0.05, 0.1) is 23.0 Å². The summed E-state index contributed by atoms with van der Waals surface area (Å²) >= 11 is 0. The van der Waals surface area contributed by atoms with Crippen LogP contribution in [0.2, 0.25) is 0 Å². The number of H-pyrrole nitrogens is 1. The average molecular weight is 461 g/mol. The van der Waals surface area contributed by atoms with Gasteiger partial charge >= 0.3 is 0 Å². The number of nitrogens with zero attached hydrogens (tertiary/aromatic N) is 3. The van der Waals surface area contributed by atoms with Crippen molar-refractivity contribution in [2.75, 3.05) is 12.4 Å². The molecule has 0 aliphatic heterocycles. The molecule has 1 aliphatic rings. The molecule has 1 aliphatic carbocycles.